The van der Waals surface area contributed by atoms with Gasteiger partial charge in [0.1, 0.15) is 73.9 Å². The smallest absolute Gasteiger partial charge is 0.136 e. The quantitative estimate of drug-likeness (QED) is 0.200. The highest BCUT2D eigenvalue weighted by atomic mass is 16.3. The Labute approximate surface area is 341 Å². The summed E-state index contributed by atoms with van der Waals surface area (Å²) in [5.41, 5.74) is 10.8. The minimum absolute atomic E-state index is 0.180. The number of rotatable bonds is 4. The number of hydrogen-bond donors (Lipinski definition) is 0. The van der Waals surface area contributed by atoms with Crippen LogP contribution < -0.4 is 43.7 Å². The Bertz CT molecular complexity index is 3220. The van der Waals surface area contributed by atoms with E-state index in [1.54, 1.807) is 0 Å². The highest BCUT2D eigenvalue weighted by Crippen LogP contribution is 2.41. The van der Waals surface area contributed by atoms with E-state index in [0.717, 1.165) is 60.7 Å². The van der Waals surface area contributed by atoms with Crippen LogP contribution in [0.2, 0.25) is 0 Å². The van der Waals surface area contributed by atoms with Gasteiger partial charge in [-0.25, -0.2) is 0 Å². The molecule has 0 N–H and O–H groups in total. The van der Waals surface area contributed by atoms with Crippen molar-refractivity contribution >= 4 is 161 Å². The van der Waals surface area contributed by atoms with Crippen molar-refractivity contribution in [2.45, 2.75) is 0 Å². The summed E-state index contributed by atoms with van der Waals surface area (Å²) >= 11 is 0. The van der Waals surface area contributed by atoms with Gasteiger partial charge < -0.3 is 4.42 Å². The average molecular weight is 701 g/mol. The van der Waals surface area contributed by atoms with Crippen molar-refractivity contribution in [2.24, 2.45) is 0 Å². The SMILES string of the molecule is [B]c1c([B])c([B])c2c(-c3ccc(-c4ccc(-c5ccc6oc7cc8ccccc8cc7c6c5)cc4)cc3)c3c([B])c([B])c([B])c([B])c3c(-c3ccccc3)c2c1[B]. The van der Waals surface area contributed by atoms with Gasteiger partial charge >= 0.3 is 0 Å². The van der Waals surface area contributed by atoms with E-state index in [2.05, 4.69) is 78.9 Å². The second kappa shape index (κ2) is 13.3. The normalized spacial score (nSPS) is 11.7. The standard InChI is InChI=1S/C48H22B8O/c49-41-37-35(26-6-2-1-3-7-26)38-40(44(52)48(56)46(54)42(38)50)36(39(37)43(51)47(55)45(41)53)27-16-14-24(15-17-27)23-10-12-25(13-11-23)30-18-19-33-31(21-30)32-20-28-8-4-5-9-29(28)22-34(32)57-33/h1-22H. The molecule has 1 aromatic heterocycles. The molecule has 0 aliphatic carbocycles. The Hall–Kier alpha value is -5.92. The molecule has 0 saturated carbocycles. The predicted molar refractivity (Wildman–Crippen MR) is 251 cm³/mol. The Kier molecular flexibility index (Phi) is 8.31. The van der Waals surface area contributed by atoms with Gasteiger partial charge in [0.25, 0.3) is 0 Å². The molecule has 0 spiro atoms. The van der Waals surface area contributed by atoms with E-state index in [-0.39, 0.29) is 43.7 Å². The monoisotopic (exact) mass is 702 g/mol. The summed E-state index contributed by atoms with van der Waals surface area (Å²) in [5, 5.41) is 6.90. The highest BCUT2D eigenvalue weighted by Gasteiger charge is 2.24. The van der Waals surface area contributed by atoms with Gasteiger partial charge in [-0.05, 0) is 101 Å². The number of furan rings is 1. The fourth-order valence-corrected chi connectivity index (χ4v) is 8.45. The number of hydrogen-bond acceptors (Lipinski definition) is 1. The van der Waals surface area contributed by atoms with Crippen molar-refractivity contribution < 1.29 is 4.42 Å². The second-order valence-corrected chi connectivity index (χ2v) is 14.6. The largest absolute Gasteiger partial charge is 0.456 e. The summed E-state index contributed by atoms with van der Waals surface area (Å²) < 4.78 is 6.24. The van der Waals surface area contributed by atoms with E-state index in [0.29, 0.717) is 32.7 Å². The van der Waals surface area contributed by atoms with Crippen molar-refractivity contribution in [1.29, 1.82) is 0 Å². The minimum atomic E-state index is 0.180. The van der Waals surface area contributed by atoms with Crippen LogP contribution in [0.3, 0.4) is 0 Å². The van der Waals surface area contributed by atoms with Crippen molar-refractivity contribution in [3.8, 4) is 44.5 Å². The van der Waals surface area contributed by atoms with Crippen LogP contribution in [-0.4, -0.2) is 62.8 Å². The van der Waals surface area contributed by atoms with Crippen molar-refractivity contribution in [2.75, 3.05) is 0 Å². The molecule has 0 fully saturated rings. The first-order chi connectivity index (χ1) is 27.6. The molecule has 244 valence electrons. The maximum absolute atomic E-state index is 6.88. The maximum Gasteiger partial charge on any atom is 0.136 e. The van der Waals surface area contributed by atoms with E-state index in [4.69, 9.17) is 67.2 Å². The summed E-state index contributed by atoms with van der Waals surface area (Å²) in [6.45, 7) is 0. The molecule has 16 radical (unpaired) electrons. The zero-order valence-electron chi connectivity index (χ0n) is 30.7. The molecule has 10 rings (SSSR count). The highest BCUT2D eigenvalue weighted by molar-refractivity contribution is 6.71. The Morgan fingerprint density at radius 3 is 1.14 bits per heavy atom. The first-order valence-electron chi connectivity index (χ1n) is 18.5. The third-order valence-corrected chi connectivity index (χ3v) is 11.4. The summed E-state index contributed by atoms with van der Waals surface area (Å²) in [6, 6.07) is 45.4. The van der Waals surface area contributed by atoms with Crippen LogP contribution in [0.5, 0.6) is 0 Å². The lowest BCUT2D eigenvalue weighted by atomic mass is 9.59. The van der Waals surface area contributed by atoms with E-state index >= 15 is 0 Å². The molecular formula is C48H22B8O. The molecule has 9 aromatic carbocycles. The molecule has 0 aliphatic rings. The lowest BCUT2D eigenvalue weighted by Crippen LogP contribution is -2.50. The van der Waals surface area contributed by atoms with Gasteiger partial charge in [0.15, 0.2) is 0 Å². The molecule has 57 heavy (non-hydrogen) atoms. The van der Waals surface area contributed by atoms with E-state index < -0.39 is 0 Å². The first kappa shape index (κ1) is 35.5. The lowest BCUT2D eigenvalue weighted by Gasteiger charge is -2.28. The van der Waals surface area contributed by atoms with Crippen molar-refractivity contribution in [1.82, 2.24) is 0 Å². The van der Waals surface area contributed by atoms with E-state index in [1.807, 2.05) is 54.6 Å². The summed E-state index contributed by atoms with van der Waals surface area (Å²) in [4.78, 5) is 0. The Balaban J connectivity index is 1.11. The fourth-order valence-electron chi connectivity index (χ4n) is 8.45. The molecule has 10 aromatic rings. The predicted octanol–water partition coefficient (Wildman–Crippen LogP) is 4.06. The lowest BCUT2D eigenvalue weighted by molar-refractivity contribution is 0.669. The fraction of sp³-hybridized carbons (Fsp3) is 0. The van der Waals surface area contributed by atoms with Crippen molar-refractivity contribution in [3.05, 3.63) is 133 Å². The maximum atomic E-state index is 6.88. The molecule has 1 nitrogen and oxygen atoms in total. The van der Waals surface area contributed by atoms with Gasteiger partial charge in [-0.15, -0.1) is 21.9 Å². The van der Waals surface area contributed by atoms with Gasteiger partial charge in [-0.3, -0.25) is 0 Å². The van der Waals surface area contributed by atoms with Crippen LogP contribution in [0, 0.1) is 0 Å². The molecule has 0 unspecified atom stereocenters. The molecule has 0 amide bonds. The summed E-state index contributed by atoms with van der Waals surface area (Å²) in [7, 11) is 53.5. The number of benzene rings is 9. The van der Waals surface area contributed by atoms with Gasteiger partial charge in [-0.1, -0.05) is 131 Å². The number of fused-ring (bicyclic) bond motifs is 6. The molecule has 1 heterocycles. The third kappa shape index (κ3) is 5.43. The van der Waals surface area contributed by atoms with Crippen molar-refractivity contribution in [3.63, 3.8) is 0 Å². The summed E-state index contributed by atoms with van der Waals surface area (Å²) in [6.07, 6.45) is 0. The van der Waals surface area contributed by atoms with Crippen LogP contribution in [-0.2, 0) is 0 Å². The molecule has 0 bridgehead atoms. The minimum Gasteiger partial charge on any atom is -0.456 e. The van der Waals surface area contributed by atoms with Crippen LogP contribution in [0.1, 0.15) is 0 Å². The summed E-state index contributed by atoms with van der Waals surface area (Å²) in [5.74, 6) is 0. The van der Waals surface area contributed by atoms with Gasteiger partial charge in [0.05, 0.1) is 0 Å². The van der Waals surface area contributed by atoms with Crippen LogP contribution in [0.15, 0.2) is 138 Å². The molecule has 0 atom stereocenters. The zero-order valence-corrected chi connectivity index (χ0v) is 30.7. The molecule has 0 aliphatic heterocycles. The van der Waals surface area contributed by atoms with Gasteiger partial charge in [0, 0.05) is 10.8 Å². The van der Waals surface area contributed by atoms with Crippen LogP contribution in [0.25, 0.3) is 98.8 Å². The Morgan fingerprint density at radius 1 is 0.281 bits per heavy atom. The van der Waals surface area contributed by atoms with Gasteiger partial charge in [-0.2, -0.15) is 0 Å². The molecule has 0 saturated heterocycles. The zero-order chi connectivity index (χ0) is 39.3. The molecule has 9 heteroatoms. The van der Waals surface area contributed by atoms with Crippen LogP contribution in [0.4, 0.5) is 0 Å². The Morgan fingerprint density at radius 2 is 0.649 bits per heavy atom. The first-order valence-corrected chi connectivity index (χ1v) is 18.5. The van der Waals surface area contributed by atoms with Crippen LogP contribution >= 0.6 is 0 Å². The average Bonchev–Trinajstić information content (AvgIpc) is 3.61. The third-order valence-electron chi connectivity index (χ3n) is 11.4. The second-order valence-electron chi connectivity index (χ2n) is 14.6. The topological polar surface area (TPSA) is 13.1 Å². The van der Waals surface area contributed by atoms with E-state index in [9.17, 15) is 0 Å². The molecular weight excluding hydrogens is 679 g/mol. The van der Waals surface area contributed by atoms with Gasteiger partial charge in [0.2, 0.25) is 0 Å². The van der Waals surface area contributed by atoms with E-state index in [1.165, 1.54) is 5.39 Å².